The lowest BCUT2D eigenvalue weighted by molar-refractivity contribution is 0.162. The summed E-state index contributed by atoms with van der Waals surface area (Å²) < 4.78 is 7.65. The van der Waals surface area contributed by atoms with Gasteiger partial charge in [0.05, 0.1) is 10.4 Å². The summed E-state index contributed by atoms with van der Waals surface area (Å²) in [5, 5.41) is 5.37. The van der Waals surface area contributed by atoms with Crippen LogP contribution in [0.25, 0.3) is 21.9 Å². The molecule has 4 rings (SSSR count). The highest BCUT2D eigenvalue weighted by atomic mass is 35.5. The van der Waals surface area contributed by atoms with E-state index in [0.717, 1.165) is 42.4 Å². The van der Waals surface area contributed by atoms with Gasteiger partial charge in [-0.05, 0) is 55.1 Å². The van der Waals surface area contributed by atoms with Crippen molar-refractivity contribution < 1.29 is 4.74 Å². The number of aryl methyl sites for hydroxylation is 1. The number of benzene rings is 1. The number of piperidine rings is 1. The van der Waals surface area contributed by atoms with Crippen LogP contribution in [0.4, 0.5) is 0 Å². The Morgan fingerprint density at radius 3 is 2.81 bits per heavy atom. The molecule has 5 nitrogen and oxygen atoms in total. The van der Waals surface area contributed by atoms with Crippen LogP contribution in [-0.4, -0.2) is 28.7 Å². The molecule has 6 heteroatoms. The largest absolute Gasteiger partial charge is 0.489 e. The third kappa shape index (κ3) is 3.20. The quantitative estimate of drug-likeness (QED) is 0.769. The van der Waals surface area contributed by atoms with Gasteiger partial charge in [0.15, 0.2) is 0 Å². The number of nitrogens with one attached hydrogen (secondary N) is 1. The number of rotatable bonds is 3. The maximum atomic E-state index is 12.3. The lowest BCUT2D eigenvalue weighted by Gasteiger charge is -2.24. The SMILES string of the molecule is Cn1cc(-c2ccc(OC3CCNCC3)c(Cl)c2)c2ccncc2c1=O. The fourth-order valence-corrected chi connectivity index (χ4v) is 3.62. The zero-order valence-corrected chi connectivity index (χ0v) is 15.3. The van der Waals surface area contributed by atoms with Crippen LogP contribution in [0.2, 0.25) is 5.02 Å². The van der Waals surface area contributed by atoms with E-state index < -0.39 is 0 Å². The van der Waals surface area contributed by atoms with E-state index in [2.05, 4.69) is 10.3 Å². The standard InChI is InChI=1S/C20H20ClN3O2/c1-24-12-17(15-6-9-23-11-16(15)20(24)25)13-2-3-19(18(21)10-13)26-14-4-7-22-8-5-14/h2-3,6,9-12,14,22H,4-5,7-8H2,1H3. The molecule has 0 spiro atoms. The first kappa shape index (κ1) is 17.1. The van der Waals surface area contributed by atoms with E-state index >= 15 is 0 Å². The molecule has 1 aliphatic rings. The maximum Gasteiger partial charge on any atom is 0.259 e. The molecule has 0 amide bonds. The first-order valence-corrected chi connectivity index (χ1v) is 9.12. The third-order valence-electron chi connectivity index (χ3n) is 4.81. The topological polar surface area (TPSA) is 56.1 Å². The predicted octanol–water partition coefficient (Wildman–Crippen LogP) is 3.38. The van der Waals surface area contributed by atoms with Crippen molar-refractivity contribution in [3.05, 3.63) is 58.2 Å². The minimum absolute atomic E-state index is 0.0613. The number of hydrogen-bond acceptors (Lipinski definition) is 4. The van der Waals surface area contributed by atoms with E-state index in [0.29, 0.717) is 16.2 Å². The van der Waals surface area contributed by atoms with Gasteiger partial charge in [0, 0.05) is 31.2 Å². The summed E-state index contributed by atoms with van der Waals surface area (Å²) in [6, 6.07) is 7.66. The number of aromatic nitrogens is 2. The van der Waals surface area contributed by atoms with Gasteiger partial charge < -0.3 is 14.6 Å². The lowest BCUT2D eigenvalue weighted by Crippen LogP contribution is -2.34. The van der Waals surface area contributed by atoms with E-state index in [4.69, 9.17) is 16.3 Å². The molecule has 1 saturated heterocycles. The average molecular weight is 370 g/mol. The Kier molecular flexibility index (Phi) is 4.66. The van der Waals surface area contributed by atoms with Crippen LogP contribution >= 0.6 is 11.6 Å². The smallest absolute Gasteiger partial charge is 0.259 e. The summed E-state index contributed by atoms with van der Waals surface area (Å²) in [6.07, 6.45) is 7.30. The van der Waals surface area contributed by atoms with Crippen LogP contribution in [0.3, 0.4) is 0 Å². The molecule has 2 aromatic heterocycles. The van der Waals surface area contributed by atoms with Gasteiger partial charge in [-0.3, -0.25) is 9.78 Å². The molecule has 1 N–H and O–H groups in total. The van der Waals surface area contributed by atoms with Gasteiger partial charge in [-0.25, -0.2) is 0 Å². The van der Waals surface area contributed by atoms with Crippen molar-refractivity contribution in [2.24, 2.45) is 7.05 Å². The number of ether oxygens (including phenoxy) is 1. The average Bonchev–Trinajstić information content (AvgIpc) is 2.67. The Labute approximate surface area is 156 Å². The Morgan fingerprint density at radius 2 is 2.04 bits per heavy atom. The highest BCUT2D eigenvalue weighted by Gasteiger charge is 2.17. The zero-order chi connectivity index (χ0) is 18.1. The summed E-state index contributed by atoms with van der Waals surface area (Å²) in [7, 11) is 1.74. The molecular weight excluding hydrogens is 350 g/mol. The van der Waals surface area contributed by atoms with Crippen molar-refractivity contribution in [2.45, 2.75) is 18.9 Å². The summed E-state index contributed by atoms with van der Waals surface area (Å²) in [5.41, 5.74) is 1.83. The first-order valence-electron chi connectivity index (χ1n) is 8.74. The Bertz CT molecular complexity index is 1010. The molecule has 0 saturated carbocycles. The van der Waals surface area contributed by atoms with Crippen molar-refractivity contribution in [1.29, 1.82) is 0 Å². The molecule has 1 fully saturated rings. The number of fused-ring (bicyclic) bond motifs is 1. The molecule has 0 radical (unpaired) electrons. The third-order valence-corrected chi connectivity index (χ3v) is 5.10. The fraction of sp³-hybridized carbons (Fsp3) is 0.300. The highest BCUT2D eigenvalue weighted by Crippen LogP contribution is 2.34. The molecule has 1 aliphatic heterocycles. The van der Waals surface area contributed by atoms with Crippen LogP contribution < -0.4 is 15.6 Å². The van der Waals surface area contributed by atoms with Crippen molar-refractivity contribution in [2.75, 3.05) is 13.1 Å². The zero-order valence-electron chi connectivity index (χ0n) is 14.5. The van der Waals surface area contributed by atoms with Gasteiger partial charge in [0.1, 0.15) is 11.9 Å². The molecule has 134 valence electrons. The second-order valence-electron chi connectivity index (χ2n) is 6.59. The minimum Gasteiger partial charge on any atom is -0.489 e. The van der Waals surface area contributed by atoms with E-state index in [-0.39, 0.29) is 11.7 Å². The maximum absolute atomic E-state index is 12.3. The summed E-state index contributed by atoms with van der Waals surface area (Å²) in [6.45, 7) is 1.94. The number of pyridine rings is 2. The molecular formula is C20H20ClN3O2. The Morgan fingerprint density at radius 1 is 1.23 bits per heavy atom. The molecule has 0 unspecified atom stereocenters. The molecule has 0 bridgehead atoms. The summed E-state index contributed by atoms with van der Waals surface area (Å²) in [5.74, 6) is 0.707. The van der Waals surface area contributed by atoms with Gasteiger partial charge in [-0.15, -0.1) is 0 Å². The van der Waals surface area contributed by atoms with Crippen molar-refractivity contribution in [3.63, 3.8) is 0 Å². The second-order valence-corrected chi connectivity index (χ2v) is 7.00. The van der Waals surface area contributed by atoms with Crippen LogP contribution in [0.15, 0.2) is 47.7 Å². The normalized spacial score (nSPS) is 15.3. The van der Waals surface area contributed by atoms with Crippen molar-refractivity contribution in [3.8, 4) is 16.9 Å². The highest BCUT2D eigenvalue weighted by molar-refractivity contribution is 6.32. The second kappa shape index (κ2) is 7.09. The number of hydrogen-bond donors (Lipinski definition) is 1. The van der Waals surface area contributed by atoms with Crippen molar-refractivity contribution in [1.82, 2.24) is 14.9 Å². The Hall–Kier alpha value is -2.37. The fourth-order valence-electron chi connectivity index (χ4n) is 3.40. The van der Waals surface area contributed by atoms with E-state index in [9.17, 15) is 4.79 Å². The summed E-state index contributed by atoms with van der Waals surface area (Å²) >= 11 is 6.50. The van der Waals surface area contributed by atoms with Crippen LogP contribution in [0.1, 0.15) is 12.8 Å². The van der Waals surface area contributed by atoms with Gasteiger partial charge in [0.2, 0.25) is 0 Å². The molecule has 3 heterocycles. The van der Waals surface area contributed by atoms with Gasteiger partial charge in [-0.2, -0.15) is 0 Å². The van der Waals surface area contributed by atoms with Crippen LogP contribution in [0, 0.1) is 0 Å². The molecule has 0 atom stereocenters. The van der Waals surface area contributed by atoms with Gasteiger partial charge >= 0.3 is 0 Å². The van der Waals surface area contributed by atoms with Crippen LogP contribution in [0.5, 0.6) is 5.75 Å². The van der Waals surface area contributed by atoms with E-state index in [1.807, 2.05) is 30.5 Å². The summed E-state index contributed by atoms with van der Waals surface area (Å²) in [4.78, 5) is 16.4. The van der Waals surface area contributed by atoms with Gasteiger partial charge in [-0.1, -0.05) is 17.7 Å². The van der Waals surface area contributed by atoms with E-state index in [1.54, 1.807) is 24.0 Å². The molecule has 26 heavy (non-hydrogen) atoms. The van der Waals surface area contributed by atoms with Gasteiger partial charge in [0.25, 0.3) is 5.56 Å². The monoisotopic (exact) mass is 369 g/mol. The molecule has 1 aromatic carbocycles. The molecule has 0 aliphatic carbocycles. The minimum atomic E-state index is -0.0613. The van der Waals surface area contributed by atoms with E-state index in [1.165, 1.54) is 0 Å². The number of halogens is 1. The lowest BCUT2D eigenvalue weighted by atomic mass is 10.0. The first-order chi connectivity index (χ1) is 12.6. The predicted molar refractivity (Wildman–Crippen MR) is 104 cm³/mol. The Balaban J connectivity index is 1.73. The van der Waals surface area contributed by atoms with Crippen molar-refractivity contribution >= 4 is 22.4 Å². The molecule has 3 aromatic rings. The van der Waals surface area contributed by atoms with Crippen LogP contribution in [-0.2, 0) is 7.05 Å². The number of nitrogens with zero attached hydrogens (tertiary/aromatic N) is 2.